The molecule has 0 saturated carbocycles. The third kappa shape index (κ3) is 8.74. The van der Waals surface area contributed by atoms with Gasteiger partial charge in [-0.05, 0) is 24.3 Å². The van der Waals surface area contributed by atoms with Crippen molar-refractivity contribution in [3.63, 3.8) is 0 Å². The third-order valence-corrected chi connectivity index (χ3v) is 3.73. The predicted molar refractivity (Wildman–Crippen MR) is 111 cm³/mol. The van der Waals surface area contributed by atoms with Gasteiger partial charge in [0.1, 0.15) is 17.2 Å². The Labute approximate surface area is 195 Å². The van der Waals surface area contributed by atoms with Gasteiger partial charge in [0.15, 0.2) is 5.75 Å². The smallest absolute Gasteiger partial charge is 0.425 e. The van der Waals surface area contributed by atoms with Crippen LogP contribution in [0.5, 0.6) is 5.75 Å². The molecule has 6 nitrogen and oxygen atoms in total. The molecule has 0 radical (unpaired) electrons. The summed E-state index contributed by atoms with van der Waals surface area (Å²) in [6.07, 6.45) is -5.77. The number of carbonyl (C=O) groups excluding carboxylic acids is 2. The van der Waals surface area contributed by atoms with Crippen molar-refractivity contribution in [2.75, 3.05) is 17.8 Å². The van der Waals surface area contributed by atoms with Gasteiger partial charge < -0.3 is 10.1 Å². The summed E-state index contributed by atoms with van der Waals surface area (Å²) in [7, 11) is -0.611. The van der Waals surface area contributed by atoms with E-state index in [1.54, 1.807) is 17.8 Å². The van der Waals surface area contributed by atoms with Gasteiger partial charge >= 0.3 is 18.6 Å². The molecule has 0 aliphatic rings. The van der Waals surface area contributed by atoms with Crippen molar-refractivity contribution in [3.8, 4) is 5.75 Å². The average Bonchev–Trinajstić information content (AvgIpc) is 2.64. The quantitative estimate of drug-likeness (QED) is 0.495. The van der Waals surface area contributed by atoms with E-state index in [2.05, 4.69) is 4.74 Å². The normalized spacial score (nSPS) is 11.0. The molecule has 2 aromatic carbocycles. The van der Waals surface area contributed by atoms with Crippen molar-refractivity contribution >= 4 is 51.6 Å². The zero-order valence-corrected chi connectivity index (χ0v) is 18.9. The molecule has 0 fully saturated rings. The van der Waals surface area contributed by atoms with E-state index in [-0.39, 0.29) is 5.69 Å². The number of benzene rings is 2. The molecule has 0 aliphatic heterocycles. The Morgan fingerprint density at radius 2 is 1.52 bits per heavy atom. The number of alkyl halides is 4. The molecule has 0 unspecified atom stereocenters. The molecule has 0 spiro atoms. The van der Waals surface area contributed by atoms with Gasteiger partial charge in [0.05, 0.1) is 10.0 Å². The van der Waals surface area contributed by atoms with Crippen LogP contribution in [0.25, 0.3) is 0 Å². The minimum absolute atomic E-state index is 0.271. The SMILES string of the molecule is CS(C)=O.O=C(NC(=O)c1c(F)cccc1F)Nc1cc(Cl)c(OC(F)(F)C(F)F)c(Cl)c1. The highest BCUT2D eigenvalue weighted by atomic mass is 35.5. The maximum atomic E-state index is 13.5. The van der Waals surface area contributed by atoms with E-state index in [0.717, 1.165) is 30.3 Å². The molecule has 33 heavy (non-hydrogen) atoms. The fourth-order valence-corrected chi connectivity index (χ4v) is 2.52. The Morgan fingerprint density at radius 3 is 1.94 bits per heavy atom. The molecule has 3 amide bonds. The first-order chi connectivity index (χ1) is 15.2. The summed E-state index contributed by atoms with van der Waals surface area (Å²) in [5.41, 5.74) is -1.29. The first-order valence-corrected chi connectivity index (χ1v) is 11.0. The van der Waals surface area contributed by atoms with E-state index in [0.29, 0.717) is 0 Å². The van der Waals surface area contributed by atoms with Crippen molar-refractivity contribution in [1.29, 1.82) is 0 Å². The van der Waals surface area contributed by atoms with Crippen LogP contribution >= 0.6 is 23.2 Å². The Kier molecular flexibility index (Phi) is 10.5. The van der Waals surface area contributed by atoms with Gasteiger partial charge in [0.2, 0.25) is 0 Å². The highest BCUT2D eigenvalue weighted by molar-refractivity contribution is 7.83. The molecule has 15 heteroatoms. The summed E-state index contributed by atoms with van der Waals surface area (Å²) in [5, 5.41) is 2.29. The lowest BCUT2D eigenvalue weighted by atomic mass is 10.2. The van der Waals surface area contributed by atoms with Crippen LogP contribution < -0.4 is 15.4 Å². The summed E-state index contributed by atoms with van der Waals surface area (Å²) in [6, 6.07) is 2.92. The van der Waals surface area contributed by atoms with Gasteiger partial charge in [-0.2, -0.15) is 17.6 Å². The number of imide groups is 1. The number of hydrogen-bond donors (Lipinski definition) is 2. The van der Waals surface area contributed by atoms with Crippen LogP contribution in [0, 0.1) is 11.6 Å². The summed E-state index contributed by atoms with van der Waals surface area (Å²) >= 11 is 11.3. The second kappa shape index (κ2) is 12.1. The van der Waals surface area contributed by atoms with Crippen molar-refractivity contribution in [3.05, 3.63) is 57.6 Å². The summed E-state index contributed by atoms with van der Waals surface area (Å²) in [6.45, 7) is 0. The largest absolute Gasteiger partial charge is 0.461 e. The monoisotopic (exact) mass is 538 g/mol. The van der Waals surface area contributed by atoms with Crippen LogP contribution in [-0.2, 0) is 10.8 Å². The first kappa shape index (κ1) is 28.5. The molecule has 0 bridgehead atoms. The lowest BCUT2D eigenvalue weighted by Gasteiger charge is -2.19. The highest BCUT2D eigenvalue weighted by Crippen LogP contribution is 2.40. The predicted octanol–water partition coefficient (Wildman–Crippen LogP) is 5.46. The zero-order chi connectivity index (χ0) is 25.5. The van der Waals surface area contributed by atoms with Gasteiger partial charge in [-0.1, -0.05) is 29.3 Å². The maximum Gasteiger partial charge on any atom is 0.461 e. The van der Waals surface area contributed by atoms with Gasteiger partial charge in [-0.25, -0.2) is 13.6 Å². The molecule has 0 heterocycles. The van der Waals surface area contributed by atoms with Crippen LogP contribution in [0.2, 0.25) is 10.0 Å². The third-order valence-electron chi connectivity index (χ3n) is 3.17. The van der Waals surface area contributed by atoms with E-state index >= 15 is 0 Å². The molecule has 2 N–H and O–H groups in total. The van der Waals surface area contributed by atoms with Crippen LogP contribution in [0.1, 0.15) is 10.4 Å². The first-order valence-electron chi connectivity index (χ1n) is 8.31. The van der Waals surface area contributed by atoms with Crippen LogP contribution in [0.3, 0.4) is 0 Å². The number of urea groups is 1. The average molecular weight is 539 g/mol. The van der Waals surface area contributed by atoms with E-state index in [4.69, 9.17) is 23.2 Å². The summed E-state index contributed by atoms with van der Waals surface area (Å²) in [5.74, 6) is -4.83. The van der Waals surface area contributed by atoms with Gasteiger partial charge in [0.25, 0.3) is 5.91 Å². The topological polar surface area (TPSA) is 84.5 Å². The number of halogens is 8. The van der Waals surface area contributed by atoms with Gasteiger partial charge in [-0.3, -0.25) is 14.3 Å². The highest BCUT2D eigenvalue weighted by Gasteiger charge is 2.45. The zero-order valence-electron chi connectivity index (χ0n) is 16.5. The van der Waals surface area contributed by atoms with E-state index in [9.17, 15) is 40.1 Å². The number of rotatable bonds is 5. The number of nitrogens with one attached hydrogen (secondary N) is 2. The second-order valence-corrected chi connectivity index (χ2v) is 8.28. The second-order valence-electron chi connectivity index (χ2n) is 5.98. The Morgan fingerprint density at radius 1 is 1.06 bits per heavy atom. The van der Waals surface area contributed by atoms with E-state index < -0.39 is 68.3 Å². The molecule has 0 aliphatic carbocycles. The molecule has 0 saturated heterocycles. The molecule has 2 rings (SSSR count). The lowest BCUT2D eigenvalue weighted by molar-refractivity contribution is -0.253. The molecule has 0 atom stereocenters. The van der Waals surface area contributed by atoms with E-state index in [1.807, 2.05) is 5.32 Å². The number of carbonyl (C=O) groups is 2. The van der Waals surface area contributed by atoms with Crippen molar-refractivity contribution in [1.82, 2.24) is 5.32 Å². The van der Waals surface area contributed by atoms with Gasteiger partial charge in [0, 0.05) is 29.0 Å². The van der Waals surface area contributed by atoms with E-state index in [1.165, 1.54) is 0 Å². The van der Waals surface area contributed by atoms with Crippen LogP contribution in [0.15, 0.2) is 30.3 Å². The molecule has 0 aromatic heterocycles. The summed E-state index contributed by atoms with van der Waals surface area (Å²) in [4.78, 5) is 23.6. The van der Waals surface area contributed by atoms with Crippen molar-refractivity contribution in [2.24, 2.45) is 0 Å². The summed E-state index contributed by atoms with van der Waals surface area (Å²) < 4.78 is 90.9. The minimum atomic E-state index is -4.88. The molecular weight excluding hydrogens is 525 g/mol. The number of hydrogen-bond acceptors (Lipinski definition) is 4. The van der Waals surface area contributed by atoms with Crippen molar-refractivity contribution in [2.45, 2.75) is 12.5 Å². The van der Waals surface area contributed by atoms with Crippen molar-refractivity contribution < 1.29 is 44.9 Å². The maximum absolute atomic E-state index is 13.5. The number of amides is 3. The Hall–Kier alpha value is -2.51. The fourth-order valence-electron chi connectivity index (χ4n) is 1.95. The van der Waals surface area contributed by atoms with Crippen LogP contribution in [0.4, 0.5) is 36.8 Å². The Bertz CT molecular complexity index is 1010. The molecule has 2 aromatic rings. The Balaban J connectivity index is 0.00000125. The standard InChI is InChI=1S/C16H8Cl2F6N2O3.C2H6OS/c17-7-4-6(5-8(18)12(7)29-16(23,24)14(21)22)25-15(28)26-13(27)11-9(19)2-1-3-10(11)20;1-4(2)3/h1-5,14H,(H2,25,26,27,28);1-2H3. The van der Waals surface area contributed by atoms with Gasteiger partial charge in [-0.15, -0.1) is 0 Å². The van der Waals surface area contributed by atoms with Crippen LogP contribution in [-0.4, -0.2) is 41.2 Å². The minimum Gasteiger partial charge on any atom is -0.425 e. The molecular formula is C18H14Cl2F6N2O4S. The molecule has 182 valence electrons. The fraction of sp³-hybridized carbons (Fsp3) is 0.222. The lowest BCUT2D eigenvalue weighted by Crippen LogP contribution is -2.35. The number of ether oxygens (including phenoxy) is 1. The number of anilines is 1.